The standard InChI is InChI=1S/C43H35FN6O3/c1-29(51)45-26-38-28-49(42(52)53-38)37-21-22-39(40(44)25-37)32-18-17-31-24-36(20-19-30(31)23-32)47-41-27-46-48-50(41)43(33-11-5-2-6-12-33,34-13-7-3-8-14-34)35-15-9-4-10-16-35/h2-25,27,38,47H,26,28H2,1H3,(H,45,51)/t38-/m0/s1. The third kappa shape index (κ3) is 6.35. The molecule has 1 atom stereocenters. The van der Waals surface area contributed by atoms with Crippen LogP contribution in [0.5, 0.6) is 0 Å². The summed E-state index contributed by atoms with van der Waals surface area (Å²) >= 11 is 0. The van der Waals surface area contributed by atoms with Gasteiger partial charge in [0.25, 0.3) is 0 Å². The molecule has 0 saturated carbocycles. The summed E-state index contributed by atoms with van der Waals surface area (Å²) in [6.07, 6.45) is 0.645. The number of benzene rings is 6. The number of carbonyl (C=O) groups is 2. The number of nitrogens with one attached hydrogen (secondary N) is 2. The third-order valence-electron chi connectivity index (χ3n) is 9.58. The quantitative estimate of drug-likeness (QED) is 0.139. The van der Waals surface area contributed by atoms with E-state index in [1.54, 1.807) is 18.3 Å². The molecule has 0 spiro atoms. The number of hydrogen-bond donors (Lipinski definition) is 2. The summed E-state index contributed by atoms with van der Waals surface area (Å²) < 4.78 is 22.9. The fourth-order valence-corrected chi connectivity index (χ4v) is 7.11. The second-order valence-corrected chi connectivity index (χ2v) is 13.0. The van der Waals surface area contributed by atoms with Crippen molar-refractivity contribution >= 4 is 40.0 Å². The normalized spacial score (nSPS) is 14.3. The molecule has 0 radical (unpaired) electrons. The Morgan fingerprint density at radius 3 is 2.06 bits per heavy atom. The number of ether oxygens (including phenoxy) is 1. The Balaban J connectivity index is 1.09. The van der Waals surface area contributed by atoms with Crippen LogP contribution in [0.3, 0.4) is 0 Å². The Labute approximate surface area is 305 Å². The highest BCUT2D eigenvalue weighted by atomic mass is 19.1. The molecule has 1 saturated heterocycles. The highest BCUT2D eigenvalue weighted by molar-refractivity contribution is 5.92. The number of anilines is 3. The van der Waals surface area contributed by atoms with Gasteiger partial charge in [0, 0.05) is 18.2 Å². The highest BCUT2D eigenvalue weighted by Crippen LogP contribution is 2.42. The molecule has 2 heterocycles. The molecule has 6 aromatic carbocycles. The van der Waals surface area contributed by atoms with Gasteiger partial charge in [0.2, 0.25) is 5.91 Å². The van der Waals surface area contributed by atoms with Crippen molar-refractivity contribution in [2.45, 2.75) is 18.6 Å². The average molecular weight is 703 g/mol. The second-order valence-electron chi connectivity index (χ2n) is 13.0. The predicted octanol–water partition coefficient (Wildman–Crippen LogP) is 8.28. The number of rotatable bonds is 10. The highest BCUT2D eigenvalue weighted by Gasteiger charge is 2.41. The first-order valence-corrected chi connectivity index (χ1v) is 17.3. The largest absolute Gasteiger partial charge is 0.442 e. The molecule has 0 unspecified atom stereocenters. The van der Waals surface area contributed by atoms with Gasteiger partial charge in [-0.05, 0) is 69.4 Å². The van der Waals surface area contributed by atoms with E-state index in [-0.39, 0.29) is 19.0 Å². The third-order valence-corrected chi connectivity index (χ3v) is 9.58. The average Bonchev–Trinajstić information content (AvgIpc) is 3.81. The van der Waals surface area contributed by atoms with Crippen molar-refractivity contribution < 1.29 is 18.7 Å². The summed E-state index contributed by atoms with van der Waals surface area (Å²) in [5.74, 6) is 0.0239. The van der Waals surface area contributed by atoms with Gasteiger partial charge in [-0.25, -0.2) is 13.9 Å². The lowest BCUT2D eigenvalue weighted by Crippen LogP contribution is -2.39. The lowest BCUT2D eigenvalue weighted by atomic mass is 9.77. The number of halogens is 1. The van der Waals surface area contributed by atoms with E-state index >= 15 is 4.39 Å². The van der Waals surface area contributed by atoms with Gasteiger partial charge in [-0.2, -0.15) is 0 Å². The molecule has 9 nitrogen and oxygen atoms in total. The van der Waals surface area contributed by atoms with E-state index in [2.05, 4.69) is 52.1 Å². The second kappa shape index (κ2) is 14.1. The van der Waals surface area contributed by atoms with Crippen molar-refractivity contribution in [2.24, 2.45) is 0 Å². The monoisotopic (exact) mass is 702 g/mol. The molecular formula is C43H35FN6O3. The number of cyclic esters (lactones) is 1. The number of hydrogen-bond acceptors (Lipinski definition) is 6. The fraction of sp³-hybridized carbons (Fsp3) is 0.116. The molecule has 2 amide bonds. The number of fused-ring (bicyclic) bond motifs is 1. The molecular weight excluding hydrogens is 668 g/mol. The van der Waals surface area contributed by atoms with Gasteiger partial charge in [-0.1, -0.05) is 114 Å². The van der Waals surface area contributed by atoms with Gasteiger partial charge in [-0.15, -0.1) is 5.10 Å². The zero-order valence-electron chi connectivity index (χ0n) is 28.8. The maximum atomic E-state index is 15.6. The van der Waals surface area contributed by atoms with Gasteiger partial charge in [0.1, 0.15) is 17.5 Å². The smallest absolute Gasteiger partial charge is 0.414 e. The minimum atomic E-state index is -0.836. The van der Waals surface area contributed by atoms with Crippen LogP contribution in [-0.4, -0.2) is 46.2 Å². The first kappa shape index (κ1) is 33.3. The summed E-state index contributed by atoms with van der Waals surface area (Å²) in [4.78, 5) is 25.1. The van der Waals surface area contributed by atoms with Crippen molar-refractivity contribution in [1.29, 1.82) is 0 Å². The van der Waals surface area contributed by atoms with Crippen molar-refractivity contribution in [2.75, 3.05) is 23.3 Å². The molecule has 0 bridgehead atoms. The summed E-state index contributed by atoms with van der Waals surface area (Å²) in [6.45, 7) is 1.81. The molecule has 1 aliphatic rings. The van der Waals surface area contributed by atoms with Crippen molar-refractivity contribution in [1.82, 2.24) is 20.3 Å². The molecule has 262 valence electrons. The van der Waals surface area contributed by atoms with Crippen LogP contribution in [0.25, 0.3) is 21.9 Å². The molecule has 10 heteroatoms. The molecule has 53 heavy (non-hydrogen) atoms. The van der Waals surface area contributed by atoms with E-state index in [1.165, 1.54) is 17.9 Å². The molecule has 8 rings (SSSR count). The van der Waals surface area contributed by atoms with Crippen molar-refractivity contribution in [3.63, 3.8) is 0 Å². The van der Waals surface area contributed by atoms with Crippen molar-refractivity contribution in [3.8, 4) is 11.1 Å². The van der Waals surface area contributed by atoms with E-state index < -0.39 is 23.6 Å². The zero-order valence-corrected chi connectivity index (χ0v) is 28.8. The number of amides is 2. The Morgan fingerprint density at radius 2 is 1.43 bits per heavy atom. The van der Waals surface area contributed by atoms with Crippen LogP contribution in [0.4, 0.5) is 26.4 Å². The van der Waals surface area contributed by atoms with Crippen LogP contribution in [0.15, 0.2) is 152 Å². The van der Waals surface area contributed by atoms with E-state index in [9.17, 15) is 9.59 Å². The topological polar surface area (TPSA) is 101 Å². The molecule has 2 N–H and O–H groups in total. The summed E-state index contributed by atoms with van der Waals surface area (Å²) in [5, 5.41) is 17.2. The maximum Gasteiger partial charge on any atom is 0.414 e. The Morgan fingerprint density at radius 1 is 0.811 bits per heavy atom. The Hall–Kier alpha value is -6.81. The number of aromatic nitrogens is 3. The van der Waals surface area contributed by atoms with Gasteiger partial charge in [-0.3, -0.25) is 9.69 Å². The van der Waals surface area contributed by atoms with Gasteiger partial charge in [0.15, 0.2) is 5.82 Å². The van der Waals surface area contributed by atoms with Crippen LogP contribution >= 0.6 is 0 Å². The number of nitrogens with zero attached hydrogens (tertiary/aromatic N) is 4. The Bertz CT molecular complexity index is 2320. The van der Waals surface area contributed by atoms with E-state index in [4.69, 9.17) is 9.95 Å². The SMILES string of the molecule is CC(=O)NC[C@H]1CN(c2ccc(-c3ccc4cc(Nc5cnnn5C(c5ccccc5)(c5ccccc5)c5ccccc5)ccc4c3)c(F)c2)C(=O)O1. The summed E-state index contributed by atoms with van der Waals surface area (Å²) in [6, 6.07) is 47.4. The first-order valence-electron chi connectivity index (χ1n) is 17.3. The van der Waals surface area contributed by atoms with Gasteiger partial charge in [0.05, 0.1) is 25.0 Å². The Kier molecular flexibility index (Phi) is 8.85. The molecule has 1 aromatic heterocycles. The van der Waals surface area contributed by atoms with Crippen LogP contribution in [0.1, 0.15) is 23.6 Å². The van der Waals surface area contributed by atoms with Gasteiger partial charge < -0.3 is 15.4 Å². The molecule has 7 aromatic rings. The van der Waals surface area contributed by atoms with E-state index in [0.717, 1.165) is 33.2 Å². The van der Waals surface area contributed by atoms with Crippen LogP contribution in [0, 0.1) is 5.82 Å². The van der Waals surface area contributed by atoms with Crippen LogP contribution < -0.4 is 15.5 Å². The van der Waals surface area contributed by atoms with Gasteiger partial charge >= 0.3 is 6.09 Å². The van der Waals surface area contributed by atoms with E-state index in [0.29, 0.717) is 22.6 Å². The summed E-state index contributed by atoms with van der Waals surface area (Å²) in [5.41, 5.74) is 4.60. The van der Waals surface area contributed by atoms with E-state index in [1.807, 2.05) is 95.7 Å². The maximum absolute atomic E-state index is 15.6. The lowest BCUT2D eigenvalue weighted by molar-refractivity contribution is -0.119. The first-order chi connectivity index (χ1) is 25.9. The molecule has 1 fully saturated rings. The van der Waals surface area contributed by atoms with Crippen LogP contribution in [0.2, 0.25) is 0 Å². The zero-order chi connectivity index (χ0) is 36.4. The van der Waals surface area contributed by atoms with Crippen molar-refractivity contribution in [3.05, 3.63) is 174 Å². The summed E-state index contributed by atoms with van der Waals surface area (Å²) in [7, 11) is 0. The van der Waals surface area contributed by atoms with Crippen LogP contribution in [-0.2, 0) is 15.1 Å². The minimum Gasteiger partial charge on any atom is -0.442 e. The predicted molar refractivity (Wildman–Crippen MR) is 204 cm³/mol. The lowest BCUT2D eigenvalue weighted by Gasteiger charge is -2.36. The fourth-order valence-electron chi connectivity index (χ4n) is 7.11. The molecule has 1 aliphatic heterocycles. The minimum absolute atomic E-state index is 0.197. The molecule has 0 aliphatic carbocycles. The number of carbonyl (C=O) groups excluding carboxylic acids is 2.